The normalized spacial score (nSPS) is 9.33. The van der Waals surface area contributed by atoms with Crippen LogP contribution in [0.3, 0.4) is 0 Å². The number of hydrogen-bond donors (Lipinski definition) is 0. The molecule has 0 saturated carbocycles. The van der Waals surface area contributed by atoms with Crippen LogP contribution in [0.15, 0.2) is 28.7 Å². The zero-order chi connectivity index (χ0) is 8.27. The predicted molar refractivity (Wildman–Crippen MR) is 57.9 cm³/mol. The van der Waals surface area contributed by atoms with Gasteiger partial charge in [0.1, 0.15) is 5.75 Å². The second kappa shape index (κ2) is 5.83. The van der Waals surface area contributed by atoms with Gasteiger partial charge >= 0.3 is 23.1 Å². The molecule has 0 aliphatic heterocycles. The van der Waals surface area contributed by atoms with Crippen LogP contribution in [0.25, 0.3) is 0 Å². The van der Waals surface area contributed by atoms with Crippen molar-refractivity contribution < 1.29 is 7.59 Å². The minimum atomic E-state index is 0. The molecule has 3 heteroatoms. The summed E-state index contributed by atoms with van der Waals surface area (Å²) in [6.07, 6.45) is 0.240. The minimum absolute atomic E-state index is 0. The smallest absolute Gasteiger partial charge is 1.00 e. The monoisotopic (exact) mass is 240 g/mol. The zero-order valence-corrected chi connectivity index (χ0v) is 10.4. The van der Waals surface area contributed by atoms with Gasteiger partial charge in [0.05, 0.1) is 6.10 Å². The SMILES string of the molecule is CC(C)Oc1cccc(Br)c1.[H-].[H-].[Mg+2]. The molecule has 1 aromatic carbocycles. The van der Waals surface area contributed by atoms with E-state index in [1.165, 1.54) is 0 Å². The summed E-state index contributed by atoms with van der Waals surface area (Å²) in [7, 11) is 0. The van der Waals surface area contributed by atoms with Crippen LogP contribution in [0.1, 0.15) is 16.7 Å². The zero-order valence-electron chi connectivity index (χ0n) is 9.38. The molecule has 0 unspecified atom stereocenters. The number of benzene rings is 1. The second-order valence-electron chi connectivity index (χ2n) is 2.62. The van der Waals surface area contributed by atoms with Crippen LogP contribution >= 0.6 is 15.9 Å². The molecule has 0 aliphatic rings. The van der Waals surface area contributed by atoms with Gasteiger partial charge in [0.15, 0.2) is 0 Å². The number of rotatable bonds is 2. The molecular formula is C9H13BrMgO. The van der Waals surface area contributed by atoms with Crippen LogP contribution in [0.5, 0.6) is 5.75 Å². The first-order valence-electron chi connectivity index (χ1n) is 3.60. The first-order valence-corrected chi connectivity index (χ1v) is 4.40. The van der Waals surface area contributed by atoms with E-state index in [2.05, 4.69) is 15.9 Å². The molecule has 0 heterocycles. The van der Waals surface area contributed by atoms with Crippen molar-refractivity contribution in [3.05, 3.63) is 28.7 Å². The number of ether oxygens (including phenoxy) is 1. The Morgan fingerprint density at radius 2 is 2.08 bits per heavy atom. The van der Waals surface area contributed by atoms with E-state index < -0.39 is 0 Å². The fourth-order valence-electron chi connectivity index (χ4n) is 0.812. The molecule has 0 aliphatic carbocycles. The van der Waals surface area contributed by atoms with Crippen LogP contribution in [0, 0.1) is 0 Å². The summed E-state index contributed by atoms with van der Waals surface area (Å²) >= 11 is 3.37. The Labute approximate surface area is 101 Å². The van der Waals surface area contributed by atoms with Gasteiger partial charge in [-0.25, -0.2) is 0 Å². The van der Waals surface area contributed by atoms with Crippen molar-refractivity contribution in [3.8, 4) is 5.75 Å². The average Bonchev–Trinajstić information content (AvgIpc) is 1.85. The van der Waals surface area contributed by atoms with Gasteiger partial charge in [-0.3, -0.25) is 0 Å². The maximum absolute atomic E-state index is 5.46. The van der Waals surface area contributed by atoms with Crippen molar-refractivity contribution in [2.24, 2.45) is 0 Å². The van der Waals surface area contributed by atoms with Crippen molar-refractivity contribution >= 4 is 39.0 Å². The third-order valence-electron chi connectivity index (χ3n) is 1.17. The standard InChI is InChI=1S/C9H11BrO.Mg.2H/c1-7(2)11-9-5-3-4-8(10)6-9;;;/h3-7H,1-2H3;;;/q;+2;2*-1. The maximum Gasteiger partial charge on any atom is 2.00 e. The van der Waals surface area contributed by atoms with Gasteiger partial charge in [0, 0.05) is 4.47 Å². The molecule has 0 saturated heterocycles. The topological polar surface area (TPSA) is 9.23 Å². The summed E-state index contributed by atoms with van der Waals surface area (Å²) in [4.78, 5) is 0. The molecule has 0 atom stereocenters. The van der Waals surface area contributed by atoms with Crippen molar-refractivity contribution in [3.63, 3.8) is 0 Å². The van der Waals surface area contributed by atoms with Crippen LogP contribution in [0.2, 0.25) is 0 Å². The molecule has 1 nitrogen and oxygen atoms in total. The molecule has 0 N–H and O–H groups in total. The summed E-state index contributed by atoms with van der Waals surface area (Å²) < 4.78 is 6.52. The molecule has 1 aromatic rings. The minimum Gasteiger partial charge on any atom is -1.00 e. The van der Waals surface area contributed by atoms with Gasteiger partial charge in [-0.05, 0) is 32.0 Å². The Morgan fingerprint density at radius 3 is 2.58 bits per heavy atom. The summed E-state index contributed by atoms with van der Waals surface area (Å²) in [6.45, 7) is 4.03. The molecule has 64 valence electrons. The molecule has 1 rings (SSSR count). The van der Waals surface area contributed by atoms with Crippen molar-refractivity contribution in [2.75, 3.05) is 0 Å². The fraction of sp³-hybridized carbons (Fsp3) is 0.333. The summed E-state index contributed by atoms with van der Waals surface area (Å²) in [5.41, 5.74) is 0. The molecule has 0 aromatic heterocycles. The van der Waals surface area contributed by atoms with Crippen molar-refractivity contribution in [1.82, 2.24) is 0 Å². The van der Waals surface area contributed by atoms with Gasteiger partial charge in [-0.2, -0.15) is 0 Å². The molecular weight excluding hydrogens is 228 g/mol. The quantitative estimate of drug-likeness (QED) is 0.723. The van der Waals surface area contributed by atoms with E-state index in [1.54, 1.807) is 0 Å². The molecule has 0 bridgehead atoms. The average molecular weight is 241 g/mol. The molecule has 0 spiro atoms. The fourth-order valence-corrected chi connectivity index (χ4v) is 1.19. The van der Waals surface area contributed by atoms with Gasteiger partial charge < -0.3 is 7.59 Å². The van der Waals surface area contributed by atoms with Crippen molar-refractivity contribution in [1.29, 1.82) is 0 Å². The van der Waals surface area contributed by atoms with Crippen LogP contribution < -0.4 is 4.74 Å². The van der Waals surface area contributed by atoms with Crippen LogP contribution in [-0.4, -0.2) is 29.2 Å². The largest absolute Gasteiger partial charge is 2.00 e. The Kier molecular flexibility index (Phi) is 5.96. The van der Waals surface area contributed by atoms with E-state index in [9.17, 15) is 0 Å². The summed E-state index contributed by atoms with van der Waals surface area (Å²) in [6, 6.07) is 7.85. The van der Waals surface area contributed by atoms with Gasteiger partial charge in [-0.1, -0.05) is 22.0 Å². The van der Waals surface area contributed by atoms with Crippen molar-refractivity contribution in [2.45, 2.75) is 20.0 Å². The number of hydrogen-bond acceptors (Lipinski definition) is 1. The van der Waals surface area contributed by atoms with Crippen LogP contribution in [-0.2, 0) is 0 Å². The predicted octanol–water partition coefficient (Wildman–Crippen LogP) is 3.08. The van der Waals surface area contributed by atoms with E-state index in [0.29, 0.717) is 0 Å². The van der Waals surface area contributed by atoms with E-state index in [1.807, 2.05) is 38.1 Å². The van der Waals surface area contributed by atoms with Gasteiger partial charge in [-0.15, -0.1) is 0 Å². The first-order chi connectivity index (χ1) is 5.18. The molecule has 0 amide bonds. The van der Waals surface area contributed by atoms with Gasteiger partial charge in [0.2, 0.25) is 0 Å². The maximum atomic E-state index is 5.46. The third kappa shape index (κ3) is 4.33. The van der Waals surface area contributed by atoms with E-state index in [-0.39, 0.29) is 32.0 Å². The first kappa shape index (κ1) is 12.3. The Morgan fingerprint density at radius 1 is 1.42 bits per heavy atom. The molecule has 0 radical (unpaired) electrons. The Balaban J connectivity index is -0.000000403. The number of halogens is 1. The van der Waals surface area contributed by atoms with Gasteiger partial charge in [0.25, 0.3) is 0 Å². The molecule has 12 heavy (non-hydrogen) atoms. The Bertz CT molecular complexity index is 246. The summed E-state index contributed by atoms with van der Waals surface area (Å²) in [5, 5.41) is 0. The van der Waals surface area contributed by atoms with E-state index in [0.717, 1.165) is 10.2 Å². The second-order valence-corrected chi connectivity index (χ2v) is 3.54. The van der Waals surface area contributed by atoms with Crippen LogP contribution in [0.4, 0.5) is 0 Å². The Hall–Kier alpha value is 0.266. The van der Waals surface area contributed by atoms with E-state index >= 15 is 0 Å². The summed E-state index contributed by atoms with van der Waals surface area (Å²) in [5.74, 6) is 0.911. The third-order valence-corrected chi connectivity index (χ3v) is 1.66. The molecule has 0 fully saturated rings. The van der Waals surface area contributed by atoms with E-state index in [4.69, 9.17) is 4.74 Å².